The van der Waals surface area contributed by atoms with E-state index >= 15 is 0 Å². The fourth-order valence-electron chi connectivity index (χ4n) is 1.91. The number of aromatic nitrogens is 2. The number of pyridine rings is 2. The minimum Gasteiger partial charge on any atom is -0.495 e. The van der Waals surface area contributed by atoms with E-state index < -0.39 is 6.10 Å². The third kappa shape index (κ3) is 2.33. The van der Waals surface area contributed by atoms with E-state index in [4.69, 9.17) is 4.74 Å². The highest BCUT2D eigenvalue weighted by molar-refractivity contribution is 5.37. The number of aliphatic hydroxyl groups is 1. The van der Waals surface area contributed by atoms with Crippen molar-refractivity contribution in [3.8, 4) is 5.75 Å². The minimum absolute atomic E-state index is 0.508. The van der Waals surface area contributed by atoms with Crippen LogP contribution in [0, 0.1) is 13.8 Å². The van der Waals surface area contributed by atoms with Crippen LogP contribution < -0.4 is 4.74 Å². The molecule has 4 heteroatoms. The third-order valence-electron chi connectivity index (χ3n) is 2.84. The maximum atomic E-state index is 10.4. The quantitative estimate of drug-likeness (QED) is 0.899. The molecule has 94 valence electrons. The monoisotopic (exact) mass is 244 g/mol. The lowest BCUT2D eigenvalue weighted by Gasteiger charge is -2.15. The molecule has 0 radical (unpaired) electrons. The molecule has 0 aromatic carbocycles. The molecule has 2 heterocycles. The van der Waals surface area contributed by atoms with Crippen LogP contribution in [0.5, 0.6) is 5.75 Å². The van der Waals surface area contributed by atoms with E-state index in [0.717, 1.165) is 17.0 Å². The Bertz CT molecular complexity index is 555. The van der Waals surface area contributed by atoms with Crippen molar-refractivity contribution in [1.29, 1.82) is 0 Å². The molecule has 0 fully saturated rings. The Kier molecular flexibility index (Phi) is 3.58. The van der Waals surface area contributed by atoms with Crippen molar-refractivity contribution >= 4 is 0 Å². The van der Waals surface area contributed by atoms with Gasteiger partial charge in [0, 0.05) is 23.1 Å². The second-order valence-corrected chi connectivity index (χ2v) is 4.12. The van der Waals surface area contributed by atoms with Crippen LogP contribution in [0.4, 0.5) is 0 Å². The van der Waals surface area contributed by atoms with Crippen molar-refractivity contribution in [2.24, 2.45) is 0 Å². The summed E-state index contributed by atoms with van der Waals surface area (Å²) < 4.78 is 5.21. The van der Waals surface area contributed by atoms with Gasteiger partial charge in [-0.05, 0) is 32.0 Å². The Morgan fingerprint density at radius 1 is 1.22 bits per heavy atom. The molecule has 2 aromatic rings. The SMILES string of the molecule is COc1cccnc1C(O)c1ccc(C)nc1C. The van der Waals surface area contributed by atoms with Crippen LogP contribution in [0.15, 0.2) is 30.5 Å². The van der Waals surface area contributed by atoms with E-state index in [-0.39, 0.29) is 0 Å². The Morgan fingerprint density at radius 2 is 2.00 bits per heavy atom. The maximum Gasteiger partial charge on any atom is 0.143 e. The molecule has 0 aliphatic rings. The largest absolute Gasteiger partial charge is 0.495 e. The molecular formula is C14H16N2O2. The number of hydrogen-bond donors (Lipinski definition) is 1. The first-order chi connectivity index (χ1) is 8.63. The summed E-state index contributed by atoms with van der Waals surface area (Å²) in [6.45, 7) is 3.80. The lowest BCUT2D eigenvalue weighted by Crippen LogP contribution is -2.07. The predicted octanol–water partition coefficient (Wildman–Crippen LogP) is 2.18. The fraction of sp³-hybridized carbons (Fsp3) is 0.286. The highest BCUT2D eigenvalue weighted by Gasteiger charge is 2.18. The van der Waals surface area contributed by atoms with Crippen molar-refractivity contribution in [3.63, 3.8) is 0 Å². The normalized spacial score (nSPS) is 12.2. The number of methoxy groups -OCH3 is 1. The molecule has 2 aromatic heterocycles. The van der Waals surface area contributed by atoms with Crippen molar-refractivity contribution in [2.75, 3.05) is 7.11 Å². The van der Waals surface area contributed by atoms with Crippen molar-refractivity contribution < 1.29 is 9.84 Å². The smallest absolute Gasteiger partial charge is 0.143 e. The van der Waals surface area contributed by atoms with Gasteiger partial charge in [0.15, 0.2) is 0 Å². The third-order valence-corrected chi connectivity index (χ3v) is 2.84. The first-order valence-corrected chi connectivity index (χ1v) is 5.74. The van der Waals surface area contributed by atoms with Gasteiger partial charge in [0.05, 0.1) is 7.11 Å². The summed E-state index contributed by atoms with van der Waals surface area (Å²) in [5, 5.41) is 10.4. The summed E-state index contributed by atoms with van der Waals surface area (Å²) in [4.78, 5) is 8.53. The molecule has 1 N–H and O–H groups in total. The van der Waals surface area contributed by atoms with Gasteiger partial charge in [-0.15, -0.1) is 0 Å². The first-order valence-electron chi connectivity index (χ1n) is 5.74. The van der Waals surface area contributed by atoms with Gasteiger partial charge in [-0.2, -0.15) is 0 Å². The Hall–Kier alpha value is -1.94. The zero-order valence-corrected chi connectivity index (χ0v) is 10.7. The van der Waals surface area contributed by atoms with Gasteiger partial charge in [0.1, 0.15) is 17.5 Å². The highest BCUT2D eigenvalue weighted by atomic mass is 16.5. The molecule has 0 saturated carbocycles. The van der Waals surface area contributed by atoms with E-state index in [0.29, 0.717) is 11.4 Å². The van der Waals surface area contributed by atoms with Crippen LogP contribution in [0.1, 0.15) is 28.7 Å². The van der Waals surface area contributed by atoms with Gasteiger partial charge >= 0.3 is 0 Å². The second kappa shape index (κ2) is 5.14. The Morgan fingerprint density at radius 3 is 2.67 bits per heavy atom. The van der Waals surface area contributed by atoms with Crippen LogP contribution in [0.2, 0.25) is 0 Å². The van der Waals surface area contributed by atoms with Crippen molar-refractivity contribution in [2.45, 2.75) is 20.0 Å². The highest BCUT2D eigenvalue weighted by Crippen LogP contribution is 2.28. The van der Waals surface area contributed by atoms with Crippen molar-refractivity contribution in [1.82, 2.24) is 9.97 Å². The average molecular weight is 244 g/mol. The van der Waals surface area contributed by atoms with Gasteiger partial charge in [-0.3, -0.25) is 9.97 Å². The van der Waals surface area contributed by atoms with Gasteiger partial charge in [0.2, 0.25) is 0 Å². The van der Waals surface area contributed by atoms with Crippen LogP contribution in [-0.2, 0) is 0 Å². The molecule has 0 amide bonds. The van der Waals surface area contributed by atoms with Crippen LogP contribution >= 0.6 is 0 Å². The van der Waals surface area contributed by atoms with Gasteiger partial charge in [-0.25, -0.2) is 0 Å². The summed E-state index contributed by atoms with van der Waals surface area (Å²) in [5.41, 5.74) is 2.98. The molecule has 18 heavy (non-hydrogen) atoms. The van der Waals surface area contributed by atoms with Crippen LogP contribution in [-0.4, -0.2) is 22.2 Å². The number of rotatable bonds is 3. The molecule has 4 nitrogen and oxygen atoms in total. The van der Waals surface area contributed by atoms with Gasteiger partial charge in [0.25, 0.3) is 0 Å². The van der Waals surface area contributed by atoms with Gasteiger partial charge < -0.3 is 9.84 Å². The zero-order chi connectivity index (χ0) is 13.1. The fourth-order valence-corrected chi connectivity index (χ4v) is 1.91. The molecule has 0 saturated heterocycles. The lowest BCUT2D eigenvalue weighted by atomic mass is 10.0. The average Bonchev–Trinajstić information content (AvgIpc) is 2.38. The predicted molar refractivity (Wildman–Crippen MR) is 68.6 cm³/mol. The summed E-state index contributed by atoms with van der Waals surface area (Å²) in [7, 11) is 1.56. The molecule has 0 aliphatic carbocycles. The molecule has 1 atom stereocenters. The summed E-state index contributed by atoms with van der Waals surface area (Å²) >= 11 is 0. The molecule has 2 rings (SSSR count). The summed E-state index contributed by atoms with van der Waals surface area (Å²) in [5.74, 6) is 0.574. The number of hydrogen-bond acceptors (Lipinski definition) is 4. The van der Waals surface area contributed by atoms with Crippen LogP contribution in [0.3, 0.4) is 0 Å². The second-order valence-electron chi connectivity index (χ2n) is 4.12. The number of aryl methyl sites for hydroxylation is 2. The molecule has 0 bridgehead atoms. The van der Waals surface area contributed by atoms with E-state index in [1.54, 1.807) is 25.4 Å². The molecule has 0 spiro atoms. The summed E-state index contributed by atoms with van der Waals surface area (Å²) in [6.07, 6.45) is 0.812. The van der Waals surface area contributed by atoms with E-state index in [2.05, 4.69) is 9.97 Å². The number of aliphatic hydroxyl groups excluding tert-OH is 1. The summed E-state index contributed by atoms with van der Waals surface area (Å²) in [6, 6.07) is 7.30. The molecular weight excluding hydrogens is 228 g/mol. The molecule has 0 aliphatic heterocycles. The van der Waals surface area contributed by atoms with Crippen molar-refractivity contribution in [3.05, 3.63) is 53.1 Å². The van der Waals surface area contributed by atoms with E-state index in [1.807, 2.05) is 26.0 Å². The number of nitrogens with zero attached hydrogens (tertiary/aromatic N) is 2. The Balaban J connectivity index is 2.44. The Labute approximate surface area is 106 Å². The number of ether oxygens (including phenoxy) is 1. The minimum atomic E-state index is -0.825. The van der Waals surface area contributed by atoms with Crippen LogP contribution in [0.25, 0.3) is 0 Å². The van der Waals surface area contributed by atoms with E-state index in [1.165, 1.54) is 0 Å². The topological polar surface area (TPSA) is 55.2 Å². The molecule has 1 unspecified atom stereocenters. The van der Waals surface area contributed by atoms with E-state index in [9.17, 15) is 5.11 Å². The lowest BCUT2D eigenvalue weighted by molar-refractivity contribution is 0.208. The maximum absolute atomic E-state index is 10.4. The van der Waals surface area contributed by atoms with Gasteiger partial charge in [-0.1, -0.05) is 6.07 Å². The zero-order valence-electron chi connectivity index (χ0n) is 10.7. The standard InChI is InChI=1S/C14H16N2O2/c1-9-6-7-11(10(2)16-9)14(17)13-12(18-3)5-4-8-15-13/h4-8,14,17H,1-3H3. The first kappa shape index (κ1) is 12.5.